The molecule has 1 aliphatic rings. The third kappa shape index (κ3) is 4.50. The van der Waals surface area contributed by atoms with Gasteiger partial charge in [-0.05, 0) is 65.1 Å². The van der Waals surface area contributed by atoms with Crippen molar-refractivity contribution in [2.45, 2.75) is 26.2 Å². The maximum absolute atomic E-state index is 13.5. The van der Waals surface area contributed by atoms with Crippen molar-refractivity contribution in [1.29, 1.82) is 0 Å². The lowest BCUT2D eigenvalue weighted by Crippen LogP contribution is -2.32. The molecule has 0 spiro atoms. The van der Waals surface area contributed by atoms with Crippen LogP contribution in [0.15, 0.2) is 78.5 Å². The Kier molecular flexibility index (Phi) is 6.00. The van der Waals surface area contributed by atoms with Crippen molar-refractivity contribution in [3.63, 3.8) is 0 Å². The van der Waals surface area contributed by atoms with Crippen LogP contribution in [-0.4, -0.2) is 18.9 Å². The topological polar surface area (TPSA) is 58.6 Å². The smallest absolute Gasteiger partial charge is 0.282 e. The molecule has 0 aromatic heterocycles. The third-order valence-corrected chi connectivity index (χ3v) is 5.82. The molecule has 3 aromatic rings. The molecule has 4 rings (SSSR count). The fourth-order valence-electron chi connectivity index (χ4n) is 3.69. The van der Waals surface area contributed by atoms with E-state index in [2.05, 4.69) is 26.1 Å². The normalized spacial score (nSPS) is 14.2. The van der Waals surface area contributed by atoms with Gasteiger partial charge in [0.1, 0.15) is 11.4 Å². The summed E-state index contributed by atoms with van der Waals surface area (Å²) in [6.45, 7) is 6.42. The molecular weight excluding hydrogens is 436 g/mol. The van der Waals surface area contributed by atoms with Gasteiger partial charge in [-0.1, -0.05) is 56.6 Å². The Morgan fingerprint density at radius 2 is 1.42 bits per heavy atom. The Morgan fingerprint density at radius 1 is 0.818 bits per heavy atom. The quantitative estimate of drug-likeness (QED) is 0.471. The number of nitrogens with zero attached hydrogens (tertiary/aromatic N) is 1. The van der Waals surface area contributed by atoms with Crippen molar-refractivity contribution in [2.24, 2.45) is 0 Å². The first-order valence-corrected chi connectivity index (χ1v) is 11.0. The number of imide groups is 1. The Bertz CT molecular complexity index is 1220. The molecular formula is C27H25ClN2O3. The zero-order valence-corrected chi connectivity index (χ0v) is 19.7. The number of halogens is 1. The number of rotatable bonds is 5. The lowest BCUT2D eigenvalue weighted by molar-refractivity contribution is -0.120. The average molecular weight is 461 g/mol. The van der Waals surface area contributed by atoms with E-state index in [0.717, 1.165) is 5.69 Å². The molecule has 3 aromatic carbocycles. The number of ether oxygens (including phenoxy) is 1. The van der Waals surface area contributed by atoms with Crippen LogP contribution in [0.2, 0.25) is 5.02 Å². The van der Waals surface area contributed by atoms with E-state index in [1.54, 1.807) is 55.6 Å². The van der Waals surface area contributed by atoms with Crippen LogP contribution in [-0.2, 0) is 15.0 Å². The number of benzene rings is 3. The highest BCUT2D eigenvalue weighted by molar-refractivity contribution is 6.46. The maximum atomic E-state index is 13.5. The van der Waals surface area contributed by atoms with Crippen molar-refractivity contribution in [1.82, 2.24) is 0 Å². The van der Waals surface area contributed by atoms with E-state index in [9.17, 15) is 9.59 Å². The van der Waals surface area contributed by atoms with E-state index in [1.165, 1.54) is 10.5 Å². The highest BCUT2D eigenvalue weighted by atomic mass is 35.5. The van der Waals surface area contributed by atoms with Crippen LogP contribution in [0, 0.1) is 0 Å². The number of anilines is 2. The van der Waals surface area contributed by atoms with Crippen LogP contribution in [0.1, 0.15) is 31.9 Å². The van der Waals surface area contributed by atoms with Gasteiger partial charge in [0.15, 0.2) is 0 Å². The van der Waals surface area contributed by atoms with E-state index in [4.69, 9.17) is 16.3 Å². The molecule has 0 radical (unpaired) electrons. The second-order valence-electron chi connectivity index (χ2n) is 8.85. The first kappa shape index (κ1) is 22.6. The van der Waals surface area contributed by atoms with E-state index in [-0.39, 0.29) is 11.1 Å². The van der Waals surface area contributed by atoms with Crippen molar-refractivity contribution in [3.8, 4) is 5.75 Å². The largest absolute Gasteiger partial charge is 0.497 e. The number of amides is 2. The van der Waals surface area contributed by atoms with Crippen molar-refractivity contribution >= 4 is 40.4 Å². The fourth-order valence-corrected chi connectivity index (χ4v) is 3.82. The summed E-state index contributed by atoms with van der Waals surface area (Å²) in [4.78, 5) is 28.1. The predicted molar refractivity (Wildman–Crippen MR) is 133 cm³/mol. The van der Waals surface area contributed by atoms with Gasteiger partial charge in [-0.15, -0.1) is 0 Å². The van der Waals surface area contributed by atoms with Gasteiger partial charge in [0, 0.05) is 10.7 Å². The van der Waals surface area contributed by atoms with Crippen molar-refractivity contribution in [3.05, 3.63) is 94.6 Å². The lowest BCUT2D eigenvalue weighted by atomic mass is 9.87. The Labute approximate surface area is 198 Å². The Hall–Kier alpha value is -3.57. The van der Waals surface area contributed by atoms with Crippen LogP contribution >= 0.6 is 11.6 Å². The van der Waals surface area contributed by atoms with Crippen LogP contribution in [0.5, 0.6) is 5.75 Å². The van der Waals surface area contributed by atoms with Gasteiger partial charge in [-0.25, -0.2) is 4.90 Å². The summed E-state index contributed by atoms with van der Waals surface area (Å²) >= 11 is 6.05. The number of carbonyl (C=O) groups excluding carboxylic acids is 2. The molecule has 168 valence electrons. The summed E-state index contributed by atoms with van der Waals surface area (Å²) in [7, 11) is 1.56. The highest BCUT2D eigenvalue weighted by Crippen LogP contribution is 2.35. The van der Waals surface area contributed by atoms with Crippen LogP contribution < -0.4 is 15.0 Å². The fraction of sp³-hybridized carbons (Fsp3) is 0.185. The molecule has 1 aliphatic heterocycles. The summed E-state index contributed by atoms with van der Waals surface area (Å²) in [5.74, 6) is -0.183. The predicted octanol–water partition coefficient (Wildman–Crippen LogP) is 6.04. The summed E-state index contributed by atoms with van der Waals surface area (Å²) in [5, 5.41) is 3.75. The minimum atomic E-state index is -0.421. The Balaban J connectivity index is 1.75. The standard InChI is InChI=1S/C27H25ClN2O3/c1-27(2,3)18-7-11-20(12-8-18)29-24-23(17-5-9-19(28)10-6-17)25(31)30(26(24)32)21-13-15-22(33-4)16-14-21/h5-16,29H,1-4H3. The van der Waals surface area contributed by atoms with Crippen LogP contribution in [0.25, 0.3) is 5.57 Å². The summed E-state index contributed by atoms with van der Waals surface area (Å²) < 4.78 is 5.20. The van der Waals surface area contributed by atoms with Crippen LogP contribution in [0.3, 0.4) is 0 Å². The average Bonchev–Trinajstić information content (AvgIpc) is 3.03. The molecule has 0 aliphatic carbocycles. The SMILES string of the molecule is COc1ccc(N2C(=O)C(Nc3ccc(C(C)(C)C)cc3)=C(c3ccc(Cl)cc3)C2=O)cc1. The zero-order chi connectivity index (χ0) is 23.8. The molecule has 1 N–H and O–H groups in total. The van der Waals surface area contributed by atoms with Crippen LogP contribution in [0.4, 0.5) is 11.4 Å². The summed E-state index contributed by atoms with van der Waals surface area (Å²) in [6.07, 6.45) is 0. The molecule has 0 unspecified atom stereocenters. The molecule has 0 saturated heterocycles. The summed E-state index contributed by atoms with van der Waals surface area (Å²) in [6, 6.07) is 21.6. The molecule has 0 atom stereocenters. The van der Waals surface area contributed by atoms with Gasteiger partial charge >= 0.3 is 0 Å². The van der Waals surface area contributed by atoms with Gasteiger partial charge in [0.05, 0.1) is 18.4 Å². The minimum Gasteiger partial charge on any atom is -0.497 e. The molecule has 6 heteroatoms. The Morgan fingerprint density at radius 3 is 1.97 bits per heavy atom. The minimum absolute atomic E-state index is 0.0105. The van der Waals surface area contributed by atoms with Gasteiger partial charge in [-0.2, -0.15) is 0 Å². The molecule has 5 nitrogen and oxygen atoms in total. The molecule has 0 saturated carbocycles. The molecule has 33 heavy (non-hydrogen) atoms. The summed E-state index contributed by atoms with van der Waals surface area (Å²) in [5.41, 5.74) is 3.51. The lowest BCUT2D eigenvalue weighted by Gasteiger charge is -2.19. The second-order valence-corrected chi connectivity index (χ2v) is 9.29. The van der Waals surface area contributed by atoms with Crippen molar-refractivity contribution in [2.75, 3.05) is 17.3 Å². The number of hydrogen-bond acceptors (Lipinski definition) is 4. The third-order valence-electron chi connectivity index (χ3n) is 5.57. The van der Waals surface area contributed by atoms with E-state index in [0.29, 0.717) is 27.6 Å². The molecule has 0 fully saturated rings. The number of methoxy groups -OCH3 is 1. The van der Waals surface area contributed by atoms with E-state index < -0.39 is 11.8 Å². The zero-order valence-electron chi connectivity index (χ0n) is 19.0. The van der Waals surface area contributed by atoms with Gasteiger partial charge in [0.2, 0.25) is 0 Å². The number of nitrogens with one attached hydrogen (secondary N) is 1. The van der Waals surface area contributed by atoms with Gasteiger partial charge < -0.3 is 10.1 Å². The van der Waals surface area contributed by atoms with Crippen molar-refractivity contribution < 1.29 is 14.3 Å². The van der Waals surface area contributed by atoms with E-state index >= 15 is 0 Å². The first-order valence-electron chi connectivity index (χ1n) is 10.6. The molecule has 0 bridgehead atoms. The first-order chi connectivity index (χ1) is 15.7. The monoisotopic (exact) mass is 460 g/mol. The van der Waals surface area contributed by atoms with Gasteiger partial charge in [0.25, 0.3) is 11.8 Å². The number of carbonyl (C=O) groups is 2. The molecule has 2 amide bonds. The molecule has 1 heterocycles. The highest BCUT2D eigenvalue weighted by Gasteiger charge is 2.40. The van der Waals surface area contributed by atoms with E-state index in [1.807, 2.05) is 24.3 Å². The second kappa shape index (κ2) is 8.75. The van der Waals surface area contributed by atoms with Gasteiger partial charge in [-0.3, -0.25) is 9.59 Å². The maximum Gasteiger partial charge on any atom is 0.282 e. The number of hydrogen-bond donors (Lipinski definition) is 1.